The van der Waals surface area contributed by atoms with Crippen LogP contribution in [0.3, 0.4) is 0 Å². The lowest BCUT2D eigenvalue weighted by molar-refractivity contribution is 0.00230. The van der Waals surface area contributed by atoms with Crippen molar-refractivity contribution in [1.29, 1.82) is 0 Å². The molecule has 0 aromatic heterocycles. The lowest BCUT2D eigenvalue weighted by Gasteiger charge is -2.04. The summed E-state index contributed by atoms with van der Waals surface area (Å²) in [5, 5.41) is 16.7. The molecule has 0 radical (unpaired) electrons. The molecule has 124 valence electrons. The van der Waals surface area contributed by atoms with Gasteiger partial charge >= 0.3 is 0 Å². The molecule has 0 aliphatic carbocycles. The number of aliphatic hydroxyl groups is 2. The minimum atomic E-state index is 0.0413. The molecule has 0 amide bonds. The molecule has 0 aromatic rings. The number of ether oxygens (including phenoxy) is 4. The summed E-state index contributed by atoms with van der Waals surface area (Å²) in [5.41, 5.74) is 0. The summed E-state index contributed by atoms with van der Waals surface area (Å²) >= 11 is 0. The summed E-state index contributed by atoms with van der Waals surface area (Å²) in [6.07, 6.45) is 2.44. The Hall–Kier alpha value is -0.240. The third kappa shape index (κ3) is 26.3. The molecule has 6 heteroatoms. The van der Waals surface area contributed by atoms with Crippen molar-refractivity contribution in [2.24, 2.45) is 0 Å². The zero-order chi connectivity index (χ0) is 15.3. The van der Waals surface area contributed by atoms with Crippen molar-refractivity contribution < 1.29 is 29.2 Å². The molecule has 0 heterocycles. The van der Waals surface area contributed by atoms with E-state index in [1.807, 2.05) is 6.92 Å². The molecule has 0 aromatic carbocycles. The SMILES string of the molecule is CCCCOCC.OCCOCCOCCOCCO. The molecule has 6 nitrogen and oxygen atoms in total. The molecular formula is C14H32O6. The van der Waals surface area contributed by atoms with Crippen molar-refractivity contribution in [2.45, 2.75) is 26.7 Å². The average molecular weight is 296 g/mol. The second kappa shape index (κ2) is 23.8. The first kappa shape index (κ1) is 22.0. The molecule has 20 heavy (non-hydrogen) atoms. The van der Waals surface area contributed by atoms with Crippen LogP contribution in [-0.2, 0) is 18.9 Å². The van der Waals surface area contributed by atoms with Gasteiger partial charge in [0.2, 0.25) is 0 Å². The second-order valence-electron chi connectivity index (χ2n) is 3.83. The number of hydrogen-bond donors (Lipinski definition) is 2. The highest BCUT2D eigenvalue weighted by molar-refractivity contribution is 4.33. The molecule has 0 bridgehead atoms. The van der Waals surface area contributed by atoms with Crippen LogP contribution in [0.4, 0.5) is 0 Å². The van der Waals surface area contributed by atoms with Gasteiger partial charge in [0.05, 0.1) is 52.9 Å². The fourth-order valence-electron chi connectivity index (χ4n) is 1.06. The minimum absolute atomic E-state index is 0.0413. The molecule has 0 saturated heterocycles. The molecule has 0 rings (SSSR count). The van der Waals surface area contributed by atoms with Gasteiger partial charge < -0.3 is 29.2 Å². The van der Waals surface area contributed by atoms with Crippen LogP contribution in [0.5, 0.6) is 0 Å². The number of rotatable bonds is 14. The molecule has 0 aliphatic heterocycles. The summed E-state index contributed by atoms with van der Waals surface area (Å²) in [7, 11) is 0. The maximum Gasteiger partial charge on any atom is 0.0701 e. The van der Waals surface area contributed by atoms with Gasteiger partial charge in [0, 0.05) is 13.2 Å². The molecule has 0 aliphatic rings. The third-order valence-electron chi connectivity index (χ3n) is 2.06. The lowest BCUT2D eigenvalue weighted by Crippen LogP contribution is -2.11. The zero-order valence-electron chi connectivity index (χ0n) is 13.0. The highest BCUT2D eigenvalue weighted by Crippen LogP contribution is 1.85. The Morgan fingerprint density at radius 3 is 1.40 bits per heavy atom. The van der Waals surface area contributed by atoms with E-state index in [1.54, 1.807) is 0 Å². The predicted octanol–water partition coefficient (Wildman–Crippen LogP) is 0.844. The van der Waals surface area contributed by atoms with Crippen molar-refractivity contribution in [3.8, 4) is 0 Å². The van der Waals surface area contributed by atoms with Crippen molar-refractivity contribution in [3.63, 3.8) is 0 Å². The summed E-state index contributed by atoms with van der Waals surface area (Å²) < 4.78 is 20.1. The molecule has 0 unspecified atom stereocenters. The van der Waals surface area contributed by atoms with Gasteiger partial charge in [-0.2, -0.15) is 0 Å². The van der Waals surface area contributed by atoms with Crippen LogP contribution in [0.15, 0.2) is 0 Å². The van der Waals surface area contributed by atoms with Crippen molar-refractivity contribution in [2.75, 3.05) is 66.1 Å². The van der Waals surface area contributed by atoms with Gasteiger partial charge in [-0.05, 0) is 13.3 Å². The number of unbranched alkanes of at least 4 members (excludes halogenated alkanes) is 1. The topological polar surface area (TPSA) is 77.4 Å². The highest BCUT2D eigenvalue weighted by Gasteiger charge is 1.89. The van der Waals surface area contributed by atoms with Gasteiger partial charge in [-0.15, -0.1) is 0 Å². The fourth-order valence-corrected chi connectivity index (χ4v) is 1.06. The van der Waals surface area contributed by atoms with Crippen LogP contribution in [0, 0.1) is 0 Å². The molecule has 0 saturated carbocycles. The maximum atomic E-state index is 8.36. The normalized spacial score (nSPS) is 10.2. The first-order valence-corrected chi connectivity index (χ1v) is 7.36. The minimum Gasteiger partial charge on any atom is -0.394 e. The van der Waals surface area contributed by atoms with Crippen LogP contribution in [0.1, 0.15) is 26.7 Å². The Morgan fingerprint density at radius 2 is 1.05 bits per heavy atom. The van der Waals surface area contributed by atoms with E-state index < -0.39 is 0 Å². The van der Waals surface area contributed by atoms with Crippen LogP contribution in [0.2, 0.25) is 0 Å². The van der Waals surface area contributed by atoms with E-state index in [2.05, 4.69) is 6.92 Å². The molecule has 2 N–H and O–H groups in total. The Morgan fingerprint density at radius 1 is 0.600 bits per heavy atom. The lowest BCUT2D eigenvalue weighted by atomic mass is 10.4. The predicted molar refractivity (Wildman–Crippen MR) is 78.0 cm³/mol. The summed E-state index contributed by atoms with van der Waals surface area (Å²) in [6, 6.07) is 0. The quantitative estimate of drug-likeness (QED) is 0.463. The van der Waals surface area contributed by atoms with E-state index in [0.29, 0.717) is 39.6 Å². The van der Waals surface area contributed by atoms with Gasteiger partial charge in [-0.1, -0.05) is 13.3 Å². The van der Waals surface area contributed by atoms with Gasteiger partial charge in [0.25, 0.3) is 0 Å². The molecule has 0 atom stereocenters. The Labute approximate surface area is 123 Å². The standard InChI is InChI=1S/C8H18O5.C6H14O/c9-1-3-11-5-7-13-8-6-12-4-2-10;1-3-5-6-7-4-2/h9-10H,1-8H2;3-6H2,1-2H3. The van der Waals surface area contributed by atoms with E-state index in [1.165, 1.54) is 12.8 Å². The summed E-state index contributed by atoms with van der Waals surface area (Å²) in [5.74, 6) is 0. The van der Waals surface area contributed by atoms with Gasteiger partial charge in [-0.25, -0.2) is 0 Å². The number of hydrogen-bond acceptors (Lipinski definition) is 6. The molecular weight excluding hydrogens is 264 g/mol. The Kier molecular flexibility index (Phi) is 26.3. The largest absolute Gasteiger partial charge is 0.394 e. The van der Waals surface area contributed by atoms with E-state index in [0.717, 1.165) is 13.2 Å². The Balaban J connectivity index is 0. The van der Waals surface area contributed by atoms with Gasteiger partial charge in [0.1, 0.15) is 0 Å². The molecule has 0 spiro atoms. The van der Waals surface area contributed by atoms with Crippen LogP contribution in [-0.4, -0.2) is 76.3 Å². The first-order valence-electron chi connectivity index (χ1n) is 7.36. The zero-order valence-corrected chi connectivity index (χ0v) is 13.0. The average Bonchev–Trinajstić information content (AvgIpc) is 2.47. The van der Waals surface area contributed by atoms with E-state index in [4.69, 9.17) is 29.2 Å². The van der Waals surface area contributed by atoms with Gasteiger partial charge in [0.15, 0.2) is 0 Å². The number of aliphatic hydroxyl groups excluding tert-OH is 2. The monoisotopic (exact) mass is 296 g/mol. The molecule has 0 fully saturated rings. The smallest absolute Gasteiger partial charge is 0.0701 e. The highest BCUT2D eigenvalue weighted by atomic mass is 16.5. The van der Waals surface area contributed by atoms with Crippen molar-refractivity contribution >= 4 is 0 Å². The van der Waals surface area contributed by atoms with Crippen LogP contribution < -0.4 is 0 Å². The van der Waals surface area contributed by atoms with E-state index >= 15 is 0 Å². The van der Waals surface area contributed by atoms with Crippen molar-refractivity contribution in [1.82, 2.24) is 0 Å². The Bertz CT molecular complexity index is 132. The summed E-state index contributed by atoms with van der Waals surface area (Å²) in [4.78, 5) is 0. The van der Waals surface area contributed by atoms with Gasteiger partial charge in [-0.3, -0.25) is 0 Å². The van der Waals surface area contributed by atoms with E-state index in [-0.39, 0.29) is 13.2 Å². The van der Waals surface area contributed by atoms with Crippen LogP contribution in [0.25, 0.3) is 0 Å². The fraction of sp³-hybridized carbons (Fsp3) is 1.00. The van der Waals surface area contributed by atoms with Crippen molar-refractivity contribution in [3.05, 3.63) is 0 Å². The maximum absolute atomic E-state index is 8.36. The van der Waals surface area contributed by atoms with Crippen LogP contribution >= 0.6 is 0 Å². The van der Waals surface area contributed by atoms with E-state index in [9.17, 15) is 0 Å². The summed E-state index contributed by atoms with van der Waals surface area (Å²) in [6.45, 7) is 8.75. The second-order valence-corrected chi connectivity index (χ2v) is 3.83. The first-order chi connectivity index (χ1) is 9.83. The third-order valence-corrected chi connectivity index (χ3v) is 2.06.